The predicted molar refractivity (Wildman–Crippen MR) is 81.8 cm³/mol. The molecule has 0 saturated heterocycles. The summed E-state index contributed by atoms with van der Waals surface area (Å²) >= 11 is 5.63. The molecule has 0 fully saturated rings. The van der Waals surface area contributed by atoms with Gasteiger partial charge in [-0.15, -0.1) is 0 Å². The third-order valence-electron chi connectivity index (χ3n) is 3.41. The van der Waals surface area contributed by atoms with Crippen LogP contribution in [0.25, 0.3) is 0 Å². The lowest BCUT2D eigenvalue weighted by Crippen LogP contribution is -2.37. The van der Waals surface area contributed by atoms with E-state index in [1.54, 1.807) is 12.1 Å². The van der Waals surface area contributed by atoms with E-state index in [1.165, 1.54) is 30.3 Å². The van der Waals surface area contributed by atoms with E-state index in [9.17, 15) is 18.8 Å². The number of benzene rings is 2. The number of hydrogen-bond acceptors (Lipinski definition) is 3. The van der Waals surface area contributed by atoms with Gasteiger partial charge in [0, 0.05) is 0 Å². The summed E-state index contributed by atoms with van der Waals surface area (Å²) in [7, 11) is 0. The van der Waals surface area contributed by atoms with E-state index in [1.807, 2.05) is 0 Å². The van der Waals surface area contributed by atoms with Gasteiger partial charge in [-0.05, 0) is 24.3 Å². The number of imide groups is 1. The molecule has 0 aromatic heterocycles. The number of carbonyl (C=O) groups excluding carboxylic acids is 3. The molecular formula is C16H10ClFN2O3. The molecule has 5 nitrogen and oxygen atoms in total. The molecule has 0 unspecified atom stereocenters. The average molecular weight is 333 g/mol. The van der Waals surface area contributed by atoms with Crippen molar-refractivity contribution in [2.24, 2.45) is 0 Å². The number of nitrogens with zero attached hydrogens (tertiary/aromatic N) is 1. The fourth-order valence-corrected chi connectivity index (χ4v) is 2.49. The van der Waals surface area contributed by atoms with E-state index in [0.29, 0.717) is 0 Å². The summed E-state index contributed by atoms with van der Waals surface area (Å²) in [6, 6.07) is 10.5. The quantitative estimate of drug-likeness (QED) is 0.879. The number of halogens is 2. The van der Waals surface area contributed by atoms with Crippen LogP contribution in [0.1, 0.15) is 20.7 Å². The van der Waals surface area contributed by atoms with Crippen molar-refractivity contribution in [1.82, 2.24) is 4.90 Å². The van der Waals surface area contributed by atoms with Crippen LogP contribution >= 0.6 is 11.6 Å². The van der Waals surface area contributed by atoms with Gasteiger partial charge in [0.2, 0.25) is 5.91 Å². The highest BCUT2D eigenvalue weighted by atomic mass is 35.5. The minimum absolute atomic E-state index is 0.112. The van der Waals surface area contributed by atoms with E-state index in [-0.39, 0.29) is 21.8 Å². The molecular weight excluding hydrogens is 323 g/mol. The van der Waals surface area contributed by atoms with Gasteiger partial charge in [0.1, 0.15) is 6.54 Å². The Morgan fingerprint density at radius 1 is 1.04 bits per heavy atom. The number of fused-ring (bicyclic) bond motifs is 1. The van der Waals surface area contributed by atoms with Crippen LogP contribution < -0.4 is 5.32 Å². The number of amides is 3. The van der Waals surface area contributed by atoms with Gasteiger partial charge >= 0.3 is 0 Å². The van der Waals surface area contributed by atoms with Crippen LogP contribution in [0.3, 0.4) is 0 Å². The van der Waals surface area contributed by atoms with Crippen molar-refractivity contribution in [1.29, 1.82) is 0 Å². The van der Waals surface area contributed by atoms with E-state index < -0.39 is 30.1 Å². The zero-order valence-electron chi connectivity index (χ0n) is 11.7. The number of nitrogens with one attached hydrogen (secondary N) is 1. The number of carbonyl (C=O) groups is 3. The molecule has 1 N–H and O–H groups in total. The van der Waals surface area contributed by atoms with Crippen molar-refractivity contribution < 1.29 is 18.8 Å². The third-order valence-corrected chi connectivity index (χ3v) is 3.70. The topological polar surface area (TPSA) is 66.5 Å². The largest absolute Gasteiger partial charge is 0.322 e. The fraction of sp³-hybridized carbons (Fsp3) is 0.0625. The lowest BCUT2D eigenvalue weighted by atomic mass is 10.1. The molecule has 7 heteroatoms. The van der Waals surface area contributed by atoms with Crippen LogP contribution in [-0.4, -0.2) is 29.2 Å². The average Bonchev–Trinajstić information content (AvgIpc) is 2.77. The Kier molecular flexibility index (Phi) is 3.83. The Bertz CT molecular complexity index is 803. The van der Waals surface area contributed by atoms with Gasteiger partial charge in [0.15, 0.2) is 5.82 Å². The first kappa shape index (κ1) is 15.2. The molecule has 2 aromatic carbocycles. The third kappa shape index (κ3) is 2.68. The van der Waals surface area contributed by atoms with Gasteiger partial charge in [0.05, 0.1) is 21.8 Å². The Morgan fingerprint density at radius 2 is 1.65 bits per heavy atom. The van der Waals surface area contributed by atoms with Crippen molar-refractivity contribution in [3.8, 4) is 0 Å². The van der Waals surface area contributed by atoms with Gasteiger partial charge in [-0.25, -0.2) is 4.39 Å². The van der Waals surface area contributed by atoms with E-state index in [0.717, 1.165) is 4.90 Å². The highest BCUT2D eigenvalue weighted by Gasteiger charge is 2.36. The van der Waals surface area contributed by atoms with Crippen LogP contribution in [0.15, 0.2) is 42.5 Å². The summed E-state index contributed by atoms with van der Waals surface area (Å²) in [5.74, 6) is -2.56. The molecule has 0 spiro atoms. The van der Waals surface area contributed by atoms with Crippen LogP contribution in [0, 0.1) is 5.82 Å². The number of anilines is 1. The zero-order valence-corrected chi connectivity index (χ0v) is 12.4. The first-order valence-corrected chi connectivity index (χ1v) is 7.06. The molecule has 1 aliphatic heterocycles. The van der Waals surface area contributed by atoms with Crippen molar-refractivity contribution in [2.45, 2.75) is 0 Å². The smallest absolute Gasteiger partial charge is 0.262 e. The Morgan fingerprint density at radius 3 is 2.26 bits per heavy atom. The molecule has 23 heavy (non-hydrogen) atoms. The summed E-state index contributed by atoms with van der Waals surface area (Å²) in [5.41, 5.74) is 0.387. The van der Waals surface area contributed by atoms with Crippen LogP contribution in [-0.2, 0) is 4.79 Å². The second-order valence-electron chi connectivity index (χ2n) is 4.89. The van der Waals surface area contributed by atoms with Crippen LogP contribution in [0.5, 0.6) is 0 Å². The number of rotatable bonds is 3. The standard InChI is InChI=1S/C16H10ClFN2O3/c17-11-6-3-7-12(14(11)18)19-13(21)8-20-15(22)9-4-1-2-5-10(9)16(20)23/h1-7H,8H2,(H,19,21). The van der Waals surface area contributed by atoms with Crippen molar-refractivity contribution in [3.05, 3.63) is 64.4 Å². The maximum absolute atomic E-state index is 13.7. The summed E-state index contributed by atoms with van der Waals surface area (Å²) in [6.45, 7) is -0.502. The molecule has 3 amide bonds. The first-order valence-electron chi connectivity index (χ1n) is 6.68. The highest BCUT2D eigenvalue weighted by molar-refractivity contribution is 6.31. The molecule has 0 aliphatic carbocycles. The molecule has 1 aliphatic rings. The van der Waals surface area contributed by atoms with Gasteiger partial charge in [-0.3, -0.25) is 19.3 Å². The highest BCUT2D eigenvalue weighted by Crippen LogP contribution is 2.24. The molecule has 2 aromatic rings. The van der Waals surface area contributed by atoms with Gasteiger partial charge < -0.3 is 5.32 Å². The van der Waals surface area contributed by atoms with E-state index in [2.05, 4.69) is 5.32 Å². The summed E-state index contributed by atoms with van der Waals surface area (Å²) in [6.07, 6.45) is 0. The molecule has 116 valence electrons. The minimum Gasteiger partial charge on any atom is -0.322 e. The molecule has 3 rings (SSSR count). The van der Waals surface area contributed by atoms with E-state index >= 15 is 0 Å². The van der Waals surface area contributed by atoms with Crippen LogP contribution in [0.4, 0.5) is 10.1 Å². The van der Waals surface area contributed by atoms with E-state index in [4.69, 9.17) is 11.6 Å². The molecule has 0 radical (unpaired) electrons. The fourth-order valence-electron chi connectivity index (χ4n) is 2.32. The Balaban J connectivity index is 1.76. The Hall–Kier alpha value is -2.73. The van der Waals surface area contributed by atoms with Crippen LogP contribution in [0.2, 0.25) is 5.02 Å². The second-order valence-corrected chi connectivity index (χ2v) is 5.30. The van der Waals surface area contributed by atoms with Gasteiger partial charge in [-0.2, -0.15) is 0 Å². The minimum atomic E-state index is -0.773. The lowest BCUT2D eigenvalue weighted by molar-refractivity contribution is -0.116. The van der Waals surface area contributed by atoms with Gasteiger partial charge in [0.25, 0.3) is 11.8 Å². The Labute approximate surface area is 135 Å². The number of hydrogen-bond donors (Lipinski definition) is 1. The maximum atomic E-state index is 13.7. The molecule has 0 bridgehead atoms. The van der Waals surface area contributed by atoms with Crippen molar-refractivity contribution in [2.75, 3.05) is 11.9 Å². The first-order chi connectivity index (χ1) is 11.0. The van der Waals surface area contributed by atoms with Crippen molar-refractivity contribution >= 4 is 35.0 Å². The summed E-state index contributed by atoms with van der Waals surface area (Å²) < 4.78 is 13.7. The molecule has 0 atom stereocenters. The van der Waals surface area contributed by atoms with Crippen molar-refractivity contribution in [3.63, 3.8) is 0 Å². The second kappa shape index (κ2) is 5.81. The monoisotopic (exact) mass is 332 g/mol. The van der Waals surface area contributed by atoms with Gasteiger partial charge in [-0.1, -0.05) is 29.8 Å². The normalized spacial score (nSPS) is 13.2. The zero-order chi connectivity index (χ0) is 16.6. The maximum Gasteiger partial charge on any atom is 0.262 e. The molecule has 1 heterocycles. The predicted octanol–water partition coefficient (Wildman–Crippen LogP) is 2.71. The molecule has 0 saturated carbocycles. The summed E-state index contributed by atoms with van der Waals surface area (Å²) in [4.78, 5) is 37.1. The lowest BCUT2D eigenvalue weighted by Gasteiger charge is -2.14. The SMILES string of the molecule is O=C(CN1C(=O)c2ccccc2C1=O)Nc1cccc(Cl)c1F. The summed E-state index contributed by atoms with van der Waals surface area (Å²) in [5, 5.41) is 2.17.